The van der Waals surface area contributed by atoms with Gasteiger partial charge in [0.15, 0.2) is 0 Å². The molecule has 2 heterocycles. The van der Waals surface area contributed by atoms with Crippen LogP contribution in [0.3, 0.4) is 0 Å². The van der Waals surface area contributed by atoms with Crippen molar-refractivity contribution >= 4 is 0 Å². The molecule has 1 N–H and O–H groups in total. The third kappa shape index (κ3) is 3.50. The normalized spacial score (nSPS) is 27.0. The first kappa shape index (κ1) is 14.7. The summed E-state index contributed by atoms with van der Waals surface area (Å²) < 4.78 is 17.3. The Kier molecular flexibility index (Phi) is 4.09. The van der Waals surface area contributed by atoms with Gasteiger partial charge in [0.2, 0.25) is 0 Å². The van der Waals surface area contributed by atoms with Crippen LogP contribution in [-0.2, 0) is 4.74 Å². The molecular formula is C17H24O4. The summed E-state index contributed by atoms with van der Waals surface area (Å²) in [5.74, 6) is 1.52. The van der Waals surface area contributed by atoms with Crippen LogP contribution in [0.15, 0.2) is 18.2 Å². The molecule has 1 saturated heterocycles. The standard InChI is InChI=1S/C17H24O4/c1-17(2)11-15(18)14-6-5-13(10-16(14)21-17)20-9-7-12-4-3-8-19-12/h5-6,10,12,15,18H,3-4,7-9,11H2,1-2H3. The van der Waals surface area contributed by atoms with Gasteiger partial charge in [0, 0.05) is 31.1 Å². The summed E-state index contributed by atoms with van der Waals surface area (Å²) >= 11 is 0. The summed E-state index contributed by atoms with van der Waals surface area (Å²) in [4.78, 5) is 0. The van der Waals surface area contributed by atoms with Crippen molar-refractivity contribution in [1.29, 1.82) is 0 Å². The largest absolute Gasteiger partial charge is 0.493 e. The maximum atomic E-state index is 10.2. The van der Waals surface area contributed by atoms with Crippen LogP contribution < -0.4 is 9.47 Å². The molecule has 4 heteroatoms. The van der Waals surface area contributed by atoms with Gasteiger partial charge >= 0.3 is 0 Å². The van der Waals surface area contributed by atoms with Crippen molar-refractivity contribution in [3.63, 3.8) is 0 Å². The van der Waals surface area contributed by atoms with E-state index in [-0.39, 0.29) is 5.60 Å². The molecule has 0 amide bonds. The van der Waals surface area contributed by atoms with Crippen molar-refractivity contribution < 1.29 is 19.3 Å². The minimum Gasteiger partial charge on any atom is -0.493 e. The van der Waals surface area contributed by atoms with Crippen LogP contribution in [0.4, 0.5) is 0 Å². The number of aliphatic hydroxyl groups is 1. The molecule has 0 aromatic heterocycles. The molecule has 2 unspecified atom stereocenters. The molecule has 116 valence electrons. The van der Waals surface area contributed by atoms with E-state index in [0.717, 1.165) is 42.9 Å². The predicted octanol–water partition coefficient (Wildman–Crippen LogP) is 3.23. The number of benzene rings is 1. The number of rotatable bonds is 4. The lowest BCUT2D eigenvalue weighted by molar-refractivity contribution is 0.0113. The lowest BCUT2D eigenvalue weighted by atomic mass is 9.92. The van der Waals surface area contributed by atoms with Gasteiger partial charge in [-0.15, -0.1) is 0 Å². The minimum absolute atomic E-state index is 0.345. The Morgan fingerprint density at radius 1 is 1.38 bits per heavy atom. The second kappa shape index (κ2) is 5.85. The van der Waals surface area contributed by atoms with Gasteiger partial charge in [-0.3, -0.25) is 0 Å². The van der Waals surface area contributed by atoms with E-state index >= 15 is 0 Å². The monoisotopic (exact) mass is 292 g/mol. The van der Waals surface area contributed by atoms with Gasteiger partial charge in [-0.25, -0.2) is 0 Å². The van der Waals surface area contributed by atoms with Crippen LogP contribution in [0.25, 0.3) is 0 Å². The molecule has 0 radical (unpaired) electrons. The lowest BCUT2D eigenvalue weighted by Crippen LogP contribution is -2.34. The van der Waals surface area contributed by atoms with Gasteiger partial charge in [0.1, 0.15) is 17.1 Å². The van der Waals surface area contributed by atoms with E-state index in [1.807, 2.05) is 32.0 Å². The number of hydrogen-bond acceptors (Lipinski definition) is 4. The summed E-state index contributed by atoms with van der Waals surface area (Å²) in [5.41, 5.74) is 0.503. The quantitative estimate of drug-likeness (QED) is 0.925. The Balaban J connectivity index is 1.62. The Hall–Kier alpha value is -1.26. The zero-order chi connectivity index (χ0) is 14.9. The molecule has 2 aliphatic heterocycles. The Morgan fingerprint density at radius 2 is 2.24 bits per heavy atom. The predicted molar refractivity (Wildman–Crippen MR) is 79.8 cm³/mol. The third-order valence-corrected chi connectivity index (χ3v) is 4.15. The number of aliphatic hydroxyl groups excluding tert-OH is 1. The first-order chi connectivity index (χ1) is 10.0. The van der Waals surface area contributed by atoms with Crippen molar-refractivity contribution in [1.82, 2.24) is 0 Å². The second-order valence-electron chi connectivity index (χ2n) is 6.55. The Labute approximate surface area is 126 Å². The van der Waals surface area contributed by atoms with Crippen LogP contribution in [-0.4, -0.2) is 30.0 Å². The molecular weight excluding hydrogens is 268 g/mol. The van der Waals surface area contributed by atoms with Gasteiger partial charge in [-0.2, -0.15) is 0 Å². The molecule has 4 nitrogen and oxygen atoms in total. The van der Waals surface area contributed by atoms with Crippen LogP contribution in [0.1, 0.15) is 51.2 Å². The molecule has 0 saturated carbocycles. The average Bonchev–Trinajstić information content (AvgIpc) is 2.90. The molecule has 0 spiro atoms. The smallest absolute Gasteiger partial charge is 0.129 e. The molecule has 2 aliphatic rings. The number of fused-ring (bicyclic) bond motifs is 1. The average molecular weight is 292 g/mol. The highest BCUT2D eigenvalue weighted by Crippen LogP contribution is 2.41. The zero-order valence-electron chi connectivity index (χ0n) is 12.8. The Morgan fingerprint density at radius 3 is 3.00 bits per heavy atom. The van der Waals surface area contributed by atoms with Gasteiger partial charge < -0.3 is 19.3 Å². The molecule has 0 aliphatic carbocycles. The van der Waals surface area contributed by atoms with Gasteiger partial charge in [-0.1, -0.05) is 0 Å². The van der Waals surface area contributed by atoms with Crippen molar-refractivity contribution in [2.75, 3.05) is 13.2 Å². The van der Waals surface area contributed by atoms with E-state index in [9.17, 15) is 5.11 Å². The number of hydrogen-bond donors (Lipinski definition) is 1. The van der Waals surface area contributed by atoms with Crippen molar-refractivity contribution in [3.8, 4) is 11.5 Å². The topological polar surface area (TPSA) is 47.9 Å². The molecule has 2 atom stereocenters. The fraction of sp³-hybridized carbons (Fsp3) is 0.647. The molecule has 1 aromatic carbocycles. The molecule has 21 heavy (non-hydrogen) atoms. The van der Waals surface area contributed by atoms with Crippen LogP contribution in [0, 0.1) is 0 Å². The van der Waals surface area contributed by atoms with Gasteiger partial charge in [-0.05, 0) is 38.8 Å². The van der Waals surface area contributed by atoms with Crippen LogP contribution in [0.5, 0.6) is 11.5 Å². The summed E-state index contributed by atoms with van der Waals surface area (Å²) in [5, 5.41) is 10.2. The third-order valence-electron chi connectivity index (χ3n) is 4.15. The van der Waals surface area contributed by atoms with Gasteiger partial charge in [0.25, 0.3) is 0 Å². The van der Waals surface area contributed by atoms with E-state index in [4.69, 9.17) is 14.2 Å². The van der Waals surface area contributed by atoms with Crippen LogP contribution >= 0.6 is 0 Å². The lowest BCUT2D eigenvalue weighted by Gasteiger charge is -2.35. The van der Waals surface area contributed by atoms with E-state index in [1.165, 1.54) is 0 Å². The first-order valence-corrected chi connectivity index (χ1v) is 7.79. The molecule has 1 fully saturated rings. The zero-order valence-corrected chi connectivity index (χ0v) is 12.8. The fourth-order valence-electron chi connectivity index (χ4n) is 3.06. The highest BCUT2D eigenvalue weighted by Gasteiger charge is 2.32. The summed E-state index contributed by atoms with van der Waals surface area (Å²) in [6, 6.07) is 5.69. The van der Waals surface area contributed by atoms with Crippen molar-refractivity contribution in [2.24, 2.45) is 0 Å². The molecule has 0 bridgehead atoms. The van der Waals surface area contributed by atoms with E-state index in [0.29, 0.717) is 19.1 Å². The second-order valence-corrected chi connectivity index (χ2v) is 6.55. The van der Waals surface area contributed by atoms with E-state index in [2.05, 4.69) is 0 Å². The van der Waals surface area contributed by atoms with E-state index in [1.54, 1.807) is 0 Å². The molecule has 1 aromatic rings. The summed E-state index contributed by atoms with van der Waals surface area (Å²) in [6.07, 6.45) is 3.71. The summed E-state index contributed by atoms with van der Waals surface area (Å²) in [6.45, 7) is 5.51. The maximum Gasteiger partial charge on any atom is 0.129 e. The van der Waals surface area contributed by atoms with E-state index < -0.39 is 6.10 Å². The Bertz CT molecular complexity index is 492. The summed E-state index contributed by atoms with van der Waals surface area (Å²) in [7, 11) is 0. The van der Waals surface area contributed by atoms with Crippen molar-refractivity contribution in [3.05, 3.63) is 23.8 Å². The molecule has 3 rings (SSSR count). The minimum atomic E-state index is -0.468. The van der Waals surface area contributed by atoms with Crippen molar-refractivity contribution in [2.45, 2.75) is 57.3 Å². The number of ether oxygens (including phenoxy) is 3. The highest BCUT2D eigenvalue weighted by molar-refractivity contribution is 5.43. The van der Waals surface area contributed by atoms with Crippen LogP contribution in [0.2, 0.25) is 0 Å². The highest BCUT2D eigenvalue weighted by atomic mass is 16.5. The van der Waals surface area contributed by atoms with Gasteiger partial charge in [0.05, 0.1) is 18.8 Å². The first-order valence-electron chi connectivity index (χ1n) is 7.79. The fourth-order valence-corrected chi connectivity index (χ4v) is 3.06. The SMILES string of the molecule is CC1(C)CC(O)c2ccc(OCCC3CCCO3)cc2O1. The maximum absolute atomic E-state index is 10.2.